The van der Waals surface area contributed by atoms with Crippen LogP contribution in [0, 0.1) is 0 Å². The third-order valence-corrected chi connectivity index (χ3v) is 4.81. The lowest BCUT2D eigenvalue weighted by atomic mass is 10.1. The Labute approximate surface area is 161 Å². The van der Waals surface area contributed by atoms with Crippen LogP contribution in [0.25, 0.3) is 0 Å². The molecule has 5 nitrogen and oxygen atoms in total. The molecule has 1 aliphatic carbocycles. The van der Waals surface area contributed by atoms with Gasteiger partial charge in [0.2, 0.25) is 0 Å². The van der Waals surface area contributed by atoms with Crippen molar-refractivity contribution in [1.82, 2.24) is 0 Å². The normalized spacial score (nSPS) is 14.1. The van der Waals surface area contributed by atoms with Crippen LogP contribution in [0.15, 0.2) is 48.5 Å². The van der Waals surface area contributed by atoms with E-state index in [1.54, 1.807) is 0 Å². The zero-order valence-electron chi connectivity index (χ0n) is 15.9. The minimum Gasteiger partial charge on any atom is -0.490 e. The molecular weight excluding hydrogens is 340 g/mol. The van der Waals surface area contributed by atoms with Crippen molar-refractivity contribution >= 4 is 11.6 Å². The lowest BCUT2D eigenvalue weighted by Crippen LogP contribution is -2.87. The summed E-state index contributed by atoms with van der Waals surface area (Å²) in [5, 5.41) is 5.24. The van der Waals surface area contributed by atoms with Crippen molar-refractivity contribution in [3.63, 3.8) is 0 Å². The molecule has 0 radical (unpaired) electrons. The van der Waals surface area contributed by atoms with Crippen molar-refractivity contribution < 1.29 is 19.6 Å². The van der Waals surface area contributed by atoms with E-state index < -0.39 is 0 Å². The van der Waals surface area contributed by atoms with Crippen molar-refractivity contribution in [2.45, 2.75) is 45.2 Å². The number of ether oxygens (including phenoxy) is 2. The molecule has 1 fully saturated rings. The number of carbonyl (C=O) groups excluding carboxylic acids is 1. The summed E-state index contributed by atoms with van der Waals surface area (Å²) in [5.41, 5.74) is 1.97. The fourth-order valence-corrected chi connectivity index (χ4v) is 3.42. The summed E-state index contributed by atoms with van der Waals surface area (Å²) in [4.78, 5) is 12.1. The van der Waals surface area contributed by atoms with Crippen LogP contribution in [0.1, 0.15) is 38.2 Å². The summed E-state index contributed by atoms with van der Waals surface area (Å²) < 4.78 is 11.4. The molecule has 1 amide bonds. The molecule has 0 spiro atoms. The molecule has 3 rings (SSSR count). The summed E-state index contributed by atoms with van der Waals surface area (Å²) >= 11 is 0. The average Bonchev–Trinajstić information content (AvgIpc) is 3.20. The Hall–Kier alpha value is -2.53. The summed E-state index contributed by atoms with van der Waals surface area (Å²) in [6.45, 7) is 3.40. The SMILES string of the molecule is CCOc1cc(C[NH2+]C2CCCC2)ccc1OCC(=O)Nc1ccccc1. The number of para-hydroxylation sites is 1. The van der Waals surface area contributed by atoms with Gasteiger partial charge in [0.25, 0.3) is 5.91 Å². The zero-order chi connectivity index (χ0) is 18.9. The van der Waals surface area contributed by atoms with Crippen LogP contribution in [0.5, 0.6) is 11.5 Å². The first-order valence-corrected chi connectivity index (χ1v) is 9.81. The number of rotatable bonds is 9. The highest BCUT2D eigenvalue weighted by Crippen LogP contribution is 2.28. The summed E-state index contributed by atoms with van der Waals surface area (Å²) in [5.74, 6) is 1.11. The molecule has 1 saturated carbocycles. The number of anilines is 1. The minimum absolute atomic E-state index is 0.0531. The van der Waals surface area contributed by atoms with Crippen LogP contribution in [0.2, 0.25) is 0 Å². The molecule has 0 saturated heterocycles. The first-order chi connectivity index (χ1) is 13.2. The summed E-state index contributed by atoms with van der Waals surface area (Å²) in [6, 6.07) is 16.1. The van der Waals surface area contributed by atoms with Gasteiger partial charge in [-0.25, -0.2) is 0 Å². The van der Waals surface area contributed by atoms with Gasteiger partial charge in [-0.3, -0.25) is 4.79 Å². The molecule has 27 heavy (non-hydrogen) atoms. The number of carbonyl (C=O) groups is 1. The monoisotopic (exact) mass is 369 g/mol. The molecule has 2 aromatic rings. The third kappa shape index (κ3) is 6.00. The smallest absolute Gasteiger partial charge is 0.262 e. The van der Waals surface area contributed by atoms with Crippen molar-refractivity contribution in [1.29, 1.82) is 0 Å². The van der Waals surface area contributed by atoms with E-state index in [0.29, 0.717) is 18.1 Å². The van der Waals surface area contributed by atoms with Gasteiger partial charge in [0.1, 0.15) is 6.54 Å². The number of amides is 1. The second kappa shape index (κ2) is 9.97. The van der Waals surface area contributed by atoms with Gasteiger partial charge in [0.05, 0.1) is 12.6 Å². The highest BCUT2D eigenvalue weighted by Gasteiger charge is 2.18. The largest absolute Gasteiger partial charge is 0.490 e. The quantitative estimate of drug-likeness (QED) is 0.714. The molecule has 0 bridgehead atoms. The van der Waals surface area contributed by atoms with Crippen molar-refractivity contribution in [2.24, 2.45) is 0 Å². The van der Waals surface area contributed by atoms with Crippen LogP contribution < -0.4 is 20.1 Å². The minimum atomic E-state index is -0.192. The van der Waals surface area contributed by atoms with Crippen LogP contribution in [0.3, 0.4) is 0 Å². The maximum atomic E-state index is 12.1. The molecule has 3 N–H and O–H groups in total. The fourth-order valence-electron chi connectivity index (χ4n) is 3.42. The van der Waals surface area contributed by atoms with E-state index in [1.165, 1.54) is 31.2 Å². The highest BCUT2D eigenvalue weighted by atomic mass is 16.5. The van der Waals surface area contributed by atoms with Gasteiger partial charge >= 0.3 is 0 Å². The van der Waals surface area contributed by atoms with E-state index in [-0.39, 0.29) is 12.5 Å². The predicted octanol–water partition coefficient (Wildman–Crippen LogP) is 3.11. The molecule has 2 aromatic carbocycles. The van der Waals surface area contributed by atoms with Crippen LogP contribution in [-0.2, 0) is 11.3 Å². The number of benzene rings is 2. The van der Waals surface area contributed by atoms with Gasteiger partial charge in [-0.2, -0.15) is 0 Å². The van der Waals surface area contributed by atoms with Gasteiger partial charge in [-0.1, -0.05) is 18.2 Å². The average molecular weight is 369 g/mol. The summed E-state index contributed by atoms with van der Waals surface area (Å²) in [7, 11) is 0. The molecule has 5 heteroatoms. The number of hydrogen-bond donors (Lipinski definition) is 2. The van der Waals surface area contributed by atoms with Gasteiger partial charge in [0, 0.05) is 11.3 Å². The van der Waals surface area contributed by atoms with E-state index in [4.69, 9.17) is 9.47 Å². The molecule has 0 unspecified atom stereocenters. The van der Waals surface area contributed by atoms with Crippen LogP contribution in [-0.4, -0.2) is 25.2 Å². The molecule has 144 valence electrons. The fraction of sp³-hybridized carbons (Fsp3) is 0.409. The van der Waals surface area contributed by atoms with E-state index in [1.807, 2.05) is 49.4 Å². The maximum Gasteiger partial charge on any atom is 0.262 e. The Morgan fingerprint density at radius 3 is 2.59 bits per heavy atom. The van der Waals surface area contributed by atoms with Crippen molar-refractivity contribution in [3.8, 4) is 11.5 Å². The lowest BCUT2D eigenvalue weighted by molar-refractivity contribution is -0.703. The number of quaternary nitrogens is 1. The van der Waals surface area contributed by atoms with Crippen molar-refractivity contribution in [2.75, 3.05) is 18.5 Å². The van der Waals surface area contributed by atoms with Gasteiger partial charge in [-0.05, 0) is 62.9 Å². The Bertz CT molecular complexity index is 728. The molecule has 1 aliphatic rings. The summed E-state index contributed by atoms with van der Waals surface area (Å²) in [6.07, 6.45) is 5.33. The maximum absolute atomic E-state index is 12.1. The zero-order valence-corrected chi connectivity index (χ0v) is 15.9. The standard InChI is InChI=1S/C22H28N2O3/c1-2-26-21-14-17(15-23-18-8-6-7-9-18)12-13-20(21)27-16-22(25)24-19-10-4-3-5-11-19/h3-5,10-14,18,23H,2,6-9,15-16H2,1H3,(H,24,25)/p+1. The topological polar surface area (TPSA) is 64.2 Å². The first kappa shape index (κ1) is 19.2. The van der Waals surface area contributed by atoms with Gasteiger partial charge in [-0.15, -0.1) is 0 Å². The number of nitrogens with two attached hydrogens (primary N) is 1. The number of hydrogen-bond acceptors (Lipinski definition) is 3. The molecule has 0 aliphatic heterocycles. The third-order valence-electron chi connectivity index (χ3n) is 4.81. The van der Waals surface area contributed by atoms with Gasteiger partial charge < -0.3 is 20.1 Å². The van der Waals surface area contributed by atoms with Crippen molar-refractivity contribution in [3.05, 3.63) is 54.1 Å². The number of nitrogens with one attached hydrogen (secondary N) is 1. The highest BCUT2D eigenvalue weighted by molar-refractivity contribution is 5.91. The molecule has 0 heterocycles. The van der Waals surface area contributed by atoms with E-state index in [0.717, 1.165) is 18.3 Å². The Morgan fingerprint density at radius 1 is 1.07 bits per heavy atom. The molecule has 0 atom stereocenters. The second-order valence-electron chi connectivity index (χ2n) is 6.90. The van der Waals surface area contributed by atoms with Gasteiger partial charge in [0.15, 0.2) is 18.1 Å². The predicted molar refractivity (Wildman–Crippen MR) is 106 cm³/mol. The van der Waals surface area contributed by atoms with E-state index >= 15 is 0 Å². The second-order valence-corrected chi connectivity index (χ2v) is 6.90. The lowest BCUT2D eigenvalue weighted by Gasteiger charge is -2.14. The van der Waals surface area contributed by atoms with E-state index in [2.05, 4.69) is 16.7 Å². The Kier molecular flexibility index (Phi) is 7.11. The van der Waals surface area contributed by atoms with Crippen LogP contribution in [0.4, 0.5) is 5.69 Å². The molecule has 0 aromatic heterocycles. The Morgan fingerprint density at radius 2 is 1.85 bits per heavy atom. The molecular formula is C22H29N2O3+. The Balaban J connectivity index is 1.55. The first-order valence-electron chi connectivity index (χ1n) is 9.81. The van der Waals surface area contributed by atoms with Crippen LogP contribution >= 0.6 is 0 Å². The van der Waals surface area contributed by atoms with E-state index in [9.17, 15) is 4.79 Å².